The molecule has 1 amide bonds. The number of benzene rings is 1. The standard InChI is InChI=1S/C14H17F3N2O2S/c1-22(21)19-8-2-3-10(9-19)13(20)18-12-6-4-11(5-7-12)14(15,16)17/h4-7,10H,2-3,8-9H2,1H3,(H,18,20). The van der Waals surface area contributed by atoms with Gasteiger partial charge in [-0.15, -0.1) is 0 Å². The number of hydrogen-bond donors (Lipinski definition) is 1. The van der Waals surface area contributed by atoms with Crippen LogP contribution in [-0.4, -0.2) is 33.8 Å². The number of carbonyl (C=O) groups is 1. The Bertz CT molecular complexity index is 560. The third-order valence-corrected chi connectivity index (χ3v) is 4.66. The zero-order chi connectivity index (χ0) is 16.3. The quantitative estimate of drug-likeness (QED) is 0.924. The molecular weight excluding hydrogens is 317 g/mol. The fraction of sp³-hybridized carbons (Fsp3) is 0.500. The van der Waals surface area contributed by atoms with Crippen molar-refractivity contribution in [1.29, 1.82) is 0 Å². The lowest BCUT2D eigenvalue weighted by Gasteiger charge is -2.29. The van der Waals surface area contributed by atoms with Crippen molar-refractivity contribution in [3.8, 4) is 0 Å². The van der Waals surface area contributed by atoms with E-state index in [2.05, 4.69) is 5.32 Å². The Hall–Kier alpha value is -1.41. The number of nitrogens with one attached hydrogen (secondary N) is 1. The van der Waals surface area contributed by atoms with Crippen LogP contribution >= 0.6 is 0 Å². The van der Waals surface area contributed by atoms with Crippen molar-refractivity contribution in [1.82, 2.24) is 4.31 Å². The number of hydrogen-bond acceptors (Lipinski definition) is 2. The SMILES string of the molecule is CS(=O)N1CCCC(C(=O)Nc2ccc(C(F)(F)F)cc2)C1. The second kappa shape index (κ2) is 6.78. The molecule has 0 saturated carbocycles. The van der Waals surface area contributed by atoms with Crippen molar-refractivity contribution in [3.63, 3.8) is 0 Å². The number of anilines is 1. The molecule has 0 bridgehead atoms. The van der Waals surface area contributed by atoms with Crippen LogP contribution in [0.3, 0.4) is 0 Å². The summed E-state index contributed by atoms with van der Waals surface area (Å²) in [6.07, 6.45) is -1.38. The highest BCUT2D eigenvalue weighted by Gasteiger charge is 2.30. The molecule has 1 saturated heterocycles. The van der Waals surface area contributed by atoms with Crippen molar-refractivity contribution < 1.29 is 22.2 Å². The third kappa shape index (κ3) is 4.30. The number of rotatable bonds is 3. The molecular formula is C14H17F3N2O2S. The Kier molecular flexibility index (Phi) is 5.23. The molecule has 0 spiro atoms. The number of piperidine rings is 1. The van der Waals surface area contributed by atoms with Gasteiger partial charge < -0.3 is 5.32 Å². The summed E-state index contributed by atoms with van der Waals surface area (Å²) >= 11 is 0. The van der Waals surface area contributed by atoms with Gasteiger partial charge in [0.1, 0.15) is 0 Å². The van der Waals surface area contributed by atoms with E-state index in [0.29, 0.717) is 25.2 Å². The first-order valence-electron chi connectivity index (χ1n) is 6.84. The van der Waals surface area contributed by atoms with E-state index in [9.17, 15) is 22.2 Å². The third-order valence-electron chi connectivity index (χ3n) is 3.60. The lowest BCUT2D eigenvalue weighted by molar-refractivity contribution is -0.137. The first-order chi connectivity index (χ1) is 10.3. The molecule has 122 valence electrons. The normalized spacial score (nSPS) is 21.4. The fourth-order valence-corrected chi connectivity index (χ4v) is 3.15. The van der Waals surface area contributed by atoms with Crippen molar-refractivity contribution in [2.45, 2.75) is 19.0 Å². The summed E-state index contributed by atoms with van der Waals surface area (Å²) in [5.74, 6) is -0.560. The second-order valence-electron chi connectivity index (χ2n) is 5.22. The van der Waals surface area contributed by atoms with Gasteiger partial charge >= 0.3 is 6.18 Å². The van der Waals surface area contributed by atoms with Crippen molar-refractivity contribution in [2.75, 3.05) is 24.7 Å². The molecule has 22 heavy (non-hydrogen) atoms. The van der Waals surface area contributed by atoms with Gasteiger partial charge in [0.05, 0.1) is 22.5 Å². The van der Waals surface area contributed by atoms with Gasteiger partial charge in [-0.2, -0.15) is 13.2 Å². The Labute approximate surface area is 129 Å². The van der Waals surface area contributed by atoms with Crippen LogP contribution in [0.25, 0.3) is 0 Å². The highest BCUT2D eigenvalue weighted by Crippen LogP contribution is 2.30. The van der Waals surface area contributed by atoms with Gasteiger partial charge in [-0.05, 0) is 37.1 Å². The van der Waals surface area contributed by atoms with E-state index in [1.165, 1.54) is 12.1 Å². The second-order valence-corrected chi connectivity index (χ2v) is 6.58. The van der Waals surface area contributed by atoms with E-state index in [1.807, 2.05) is 0 Å². The minimum atomic E-state index is -4.39. The molecule has 1 N–H and O–H groups in total. The molecule has 2 unspecified atom stereocenters. The van der Waals surface area contributed by atoms with Gasteiger partial charge in [0.2, 0.25) is 5.91 Å². The summed E-state index contributed by atoms with van der Waals surface area (Å²) in [4.78, 5) is 12.2. The molecule has 4 nitrogen and oxygen atoms in total. The Balaban J connectivity index is 1.98. The maximum absolute atomic E-state index is 12.5. The summed E-state index contributed by atoms with van der Waals surface area (Å²) < 4.78 is 50.6. The monoisotopic (exact) mass is 334 g/mol. The molecule has 8 heteroatoms. The smallest absolute Gasteiger partial charge is 0.326 e. The van der Waals surface area contributed by atoms with Crippen LogP contribution in [-0.2, 0) is 22.0 Å². The van der Waals surface area contributed by atoms with Gasteiger partial charge in [0.15, 0.2) is 0 Å². The molecule has 1 fully saturated rings. The Morgan fingerprint density at radius 2 is 1.95 bits per heavy atom. The molecule has 1 aliphatic rings. The molecule has 1 aromatic carbocycles. The number of nitrogens with zero attached hydrogens (tertiary/aromatic N) is 1. The summed E-state index contributed by atoms with van der Waals surface area (Å²) in [6, 6.07) is 4.34. The van der Waals surface area contributed by atoms with Crippen LogP contribution in [0.4, 0.5) is 18.9 Å². The lowest BCUT2D eigenvalue weighted by atomic mass is 9.98. The van der Waals surface area contributed by atoms with Gasteiger partial charge in [0.25, 0.3) is 0 Å². The minimum absolute atomic E-state index is 0.255. The summed E-state index contributed by atoms with van der Waals surface area (Å²) in [5.41, 5.74) is -0.427. The van der Waals surface area contributed by atoms with Gasteiger partial charge in [0, 0.05) is 25.0 Å². The highest BCUT2D eigenvalue weighted by molar-refractivity contribution is 7.81. The van der Waals surface area contributed by atoms with Crippen molar-refractivity contribution in [2.24, 2.45) is 5.92 Å². The predicted octanol–water partition coefficient (Wildman–Crippen LogP) is 2.65. The van der Waals surface area contributed by atoms with Crippen LogP contribution < -0.4 is 5.32 Å². The maximum Gasteiger partial charge on any atom is 0.416 e. The molecule has 2 atom stereocenters. The van der Waals surface area contributed by atoms with E-state index >= 15 is 0 Å². The zero-order valence-corrected chi connectivity index (χ0v) is 12.8. The minimum Gasteiger partial charge on any atom is -0.326 e. The molecule has 0 aliphatic carbocycles. The molecule has 1 aliphatic heterocycles. The fourth-order valence-electron chi connectivity index (χ4n) is 2.38. The van der Waals surface area contributed by atoms with Crippen molar-refractivity contribution in [3.05, 3.63) is 29.8 Å². The van der Waals surface area contributed by atoms with Crippen LogP contribution in [0.15, 0.2) is 24.3 Å². The lowest BCUT2D eigenvalue weighted by Crippen LogP contribution is -2.41. The van der Waals surface area contributed by atoms with E-state index in [0.717, 1.165) is 18.6 Å². The van der Waals surface area contributed by atoms with E-state index in [4.69, 9.17) is 0 Å². The van der Waals surface area contributed by atoms with E-state index in [1.54, 1.807) is 10.6 Å². The summed E-state index contributed by atoms with van der Waals surface area (Å²) in [7, 11) is -1.12. The molecule has 0 radical (unpaired) electrons. The van der Waals surface area contributed by atoms with Crippen LogP contribution in [0.5, 0.6) is 0 Å². The van der Waals surface area contributed by atoms with E-state index < -0.39 is 22.7 Å². The van der Waals surface area contributed by atoms with Crippen LogP contribution in [0, 0.1) is 5.92 Å². The average Bonchev–Trinajstić information content (AvgIpc) is 2.47. The topological polar surface area (TPSA) is 49.4 Å². The first kappa shape index (κ1) is 17.0. The van der Waals surface area contributed by atoms with Crippen LogP contribution in [0.2, 0.25) is 0 Å². The highest BCUT2D eigenvalue weighted by atomic mass is 32.2. The largest absolute Gasteiger partial charge is 0.416 e. The van der Waals surface area contributed by atoms with Crippen LogP contribution in [0.1, 0.15) is 18.4 Å². The molecule has 2 rings (SSSR count). The predicted molar refractivity (Wildman–Crippen MR) is 78.4 cm³/mol. The maximum atomic E-state index is 12.5. The van der Waals surface area contributed by atoms with Gasteiger partial charge in [-0.3, -0.25) is 4.79 Å². The Morgan fingerprint density at radius 3 is 2.50 bits per heavy atom. The number of alkyl halides is 3. The molecule has 1 aromatic rings. The Morgan fingerprint density at radius 1 is 1.32 bits per heavy atom. The summed E-state index contributed by atoms with van der Waals surface area (Å²) in [6.45, 7) is 1.09. The first-order valence-corrected chi connectivity index (χ1v) is 8.35. The number of carbonyl (C=O) groups excluding carboxylic acids is 1. The van der Waals surface area contributed by atoms with E-state index in [-0.39, 0.29) is 11.8 Å². The zero-order valence-electron chi connectivity index (χ0n) is 12.0. The molecule has 1 heterocycles. The van der Waals surface area contributed by atoms with Gasteiger partial charge in [-0.25, -0.2) is 8.51 Å². The van der Waals surface area contributed by atoms with Crippen molar-refractivity contribution >= 4 is 22.6 Å². The summed E-state index contributed by atoms with van der Waals surface area (Å²) in [5, 5.41) is 2.62. The number of amides is 1. The molecule has 0 aromatic heterocycles. The number of halogens is 3. The van der Waals surface area contributed by atoms with Gasteiger partial charge in [-0.1, -0.05) is 0 Å². The average molecular weight is 334 g/mol.